The lowest BCUT2D eigenvalue weighted by Gasteiger charge is -2.32. The fourth-order valence-electron chi connectivity index (χ4n) is 2.59. The molecule has 0 radical (unpaired) electrons. The summed E-state index contributed by atoms with van der Waals surface area (Å²) >= 11 is 0. The normalized spacial score (nSPS) is 19.2. The second-order valence-corrected chi connectivity index (χ2v) is 5.16. The van der Waals surface area contributed by atoms with E-state index in [9.17, 15) is 4.79 Å². The predicted octanol–water partition coefficient (Wildman–Crippen LogP) is 1.83. The molecule has 0 aliphatic carbocycles. The van der Waals surface area contributed by atoms with Crippen molar-refractivity contribution in [2.75, 3.05) is 26.7 Å². The molecule has 1 heterocycles. The van der Waals surface area contributed by atoms with Crippen LogP contribution >= 0.6 is 0 Å². The largest absolute Gasteiger partial charge is 0.334 e. The molecule has 0 saturated carbocycles. The number of hydrogen-bond donors (Lipinski definition) is 2. The molecule has 1 aliphatic heterocycles. The zero-order valence-electron chi connectivity index (χ0n) is 11.6. The van der Waals surface area contributed by atoms with Crippen LogP contribution < -0.4 is 10.6 Å². The van der Waals surface area contributed by atoms with Crippen molar-refractivity contribution in [3.05, 3.63) is 35.9 Å². The summed E-state index contributed by atoms with van der Waals surface area (Å²) in [4.78, 5) is 14.1. The van der Waals surface area contributed by atoms with Crippen LogP contribution in [-0.4, -0.2) is 37.6 Å². The van der Waals surface area contributed by atoms with Gasteiger partial charge >= 0.3 is 6.03 Å². The number of carbonyl (C=O) groups is 1. The highest BCUT2D eigenvalue weighted by Gasteiger charge is 2.22. The Morgan fingerprint density at radius 1 is 1.37 bits per heavy atom. The number of carbonyl (C=O) groups excluding carboxylic acids is 1. The molecule has 2 amide bonds. The minimum absolute atomic E-state index is 0.0599. The molecule has 2 N–H and O–H groups in total. The predicted molar refractivity (Wildman–Crippen MR) is 76.9 cm³/mol. The smallest absolute Gasteiger partial charge is 0.317 e. The molecule has 19 heavy (non-hydrogen) atoms. The van der Waals surface area contributed by atoms with Gasteiger partial charge in [0.15, 0.2) is 0 Å². The minimum atomic E-state index is 0.0599. The molecule has 4 nitrogen and oxygen atoms in total. The molecule has 2 rings (SSSR count). The van der Waals surface area contributed by atoms with Crippen molar-refractivity contribution in [2.45, 2.75) is 19.4 Å². The number of urea groups is 1. The van der Waals surface area contributed by atoms with Crippen LogP contribution in [0.1, 0.15) is 18.4 Å². The summed E-state index contributed by atoms with van der Waals surface area (Å²) in [7, 11) is 1.97. The first kappa shape index (κ1) is 13.9. The summed E-state index contributed by atoms with van der Waals surface area (Å²) in [6, 6.07) is 10.1. The van der Waals surface area contributed by atoms with Gasteiger partial charge in [0.2, 0.25) is 0 Å². The molecule has 104 valence electrons. The molecule has 1 unspecified atom stereocenters. The third-order valence-electron chi connectivity index (χ3n) is 3.59. The third-order valence-corrected chi connectivity index (χ3v) is 3.59. The summed E-state index contributed by atoms with van der Waals surface area (Å²) in [5.74, 6) is 0.584. The first-order valence-electron chi connectivity index (χ1n) is 7.01. The van der Waals surface area contributed by atoms with Gasteiger partial charge in [-0.05, 0) is 37.9 Å². The standard InChI is InChI=1S/C15H23N3O/c1-16-10-14-8-5-9-18(12-14)15(19)17-11-13-6-3-2-4-7-13/h2-4,6-7,14,16H,5,8-12H2,1H3,(H,17,19). The van der Waals surface area contributed by atoms with E-state index in [1.807, 2.05) is 42.3 Å². The third kappa shape index (κ3) is 4.24. The number of benzene rings is 1. The highest BCUT2D eigenvalue weighted by molar-refractivity contribution is 5.74. The van der Waals surface area contributed by atoms with Crippen molar-refractivity contribution in [3.8, 4) is 0 Å². The van der Waals surface area contributed by atoms with Gasteiger partial charge in [0.05, 0.1) is 0 Å². The zero-order chi connectivity index (χ0) is 13.5. The Bertz CT molecular complexity index is 392. The van der Waals surface area contributed by atoms with Gasteiger partial charge in [0.25, 0.3) is 0 Å². The molecule has 1 atom stereocenters. The first-order chi connectivity index (χ1) is 9.29. The number of piperidine rings is 1. The van der Waals surface area contributed by atoms with E-state index in [2.05, 4.69) is 10.6 Å². The van der Waals surface area contributed by atoms with E-state index in [1.165, 1.54) is 6.42 Å². The van der Waals surface area contributed by atoms with Gasteiger partial charge in [0.1, 0.15) is 0 Å². The van der Waals surface area contributed by atoms with Crippen LogP contribution in [0.5, 0.6) is 0 Å². The van der Waals surface area contributed by atoms with E-state index in [0.717, 1.165) is 31.6 Å². The molecule has 1 aliphatic rings. The van der Waals surface area contributed by atoms with E-state index < -0.39 is 0 Å². The number of hydrogen-bond acceptors (Lipinski definition) is 2. The molecule has 1 fully saturated rings. The van der Waals surface area contributed by atoms with Crippen molar-refractivity contribution in [1.29, 1.82) is 0 Å². The molecular formula is C15H23N3O. The van der Waals surface area contributed by atoms with E-state index >= 15 is 0 Å². The van der Waals surface area contributed by atoms with Crippen molar-refractivity contribution in [1.82, 2.24) is 15.5 Å². The summed E-state index contributed by atoms with van der Waals surface area (Å²) < 4.78 is 0. The molecule has 0 spiro atoms. The lowest BCUT2D eigenvalue weighted by Crippen LogP contribution is -2.46. The topological polar surface area (TPSA) is 44.4 Å². The van der Waals surface area contributed by atoms with E-state index in [1.54, 1.807) is 0 Å². The molecule has 1 aromatic carbocycles. The Hall–Kier alpha value is -1.55. The van der Waals surface area contributed by atoms with E-state index in [-0.39, 0.29) is 6.03 Å². The Kier molecular flexibility index (Phi) is 5.21. The highest BCUT2D eigenvalue weighted by Crippen LogP contribution is 2.15. The number of rotatable bonds is 4. The maximum Gasteiger partial charge on any atom is 0.317 e. The molecular weight excluding hydrogens is 238 g/mol. The molecule has 4 heteroatoms. The maximum atomic E-state index is 12.1. The Labute approximate surface area is 115 Å². The zero-order valence-corrected chi connectivity index (χ0v) is 11.6. The van der Waals surface area contributed by atoms with Crippen LogP contribution in [0, 0.1) is 5.92 Å². The van der Waals surface area contributed by atoms with E-state index in [0.29, 0.717) is 12.5 Å². The van der Waals surface area contributed by atoms with Crippen LogP contribution in [0.15, 0.2) is 30.3 Å². The van der Waals surface area contributed by atoms with Crippen LogP contribution in [0.2, 0.25) is 0 Å². The minimum Gasteiger partial charge on any atom is -0.334 e. The van der Waals surface area contributed by atoms with Crippen molar-refractivity contribution >= 4 is 6.03 Å². The molecule has 0 bridgehead atoms. The van der Waals surface area contributed by atoms with Gasteiger partial charge in [-0.2, -0.15) is 0 Å². The SMILES string of the molecule is CNCC1CCCN(C(=O)NCc2ccccc2)C1. The molecule has 0 aromatic heterocycles. The van der Waals surface area contributed by atoms with Gasteiger partial charge in [-0.1, -0.05) is 30.3 Å². The van der Waals surface area contributed by atoms with Crippen LogP contribution in [0.3, 0.4) is 0 Å². The number of nitrogens with zero attached hydrogens (tertiary/aromatic N) is 1. The van der Waals surface area contributed by atoms with Gasteiger partial charge < -0.3 is 15.5 Å². The Balaban J connectivity index is 1.79. The summed E-state index contributed by atoms with van der Waals surface area (Å²) in [6.45, 7) is 3.33. The van der Waals surface area contributed by atoms with Crippen LogP contribution in [0.4, 0.5) is 4.79 Å². The van der Waals surface area contributed by atoms with Crippen molar-refractivity contribution < 1.29 is 4.79 Å². The van der Waals surface area contributed by atoms with Crippen LogP contribution in [-0.2, 0) is 6.54 Å². The Morgan fingerprint density at radius 3 is 2.89 bits per heavy atom. The number of nitrogens with one attached hydrogen (secondary N) is 2. The maximum absolute atomic E-state index is 12.1. The number of likely N-dealkylation sites (tertiary alicyclic amines) is 1. The quantitative estimate of drug-likeness (QED) is 0.868. The van der Waals surface area contributed by atoms with Crippen LogP contribution in [0.25, 0.3) is 0 Å². The van der Waals surface area contributed by atoms with Gasteiger partial charge in [-0.25, -0.2) is 4.79 Å². The lowest BCUT2D eigenvalue weighted by molar-refractivity contribution is 0.165. The van der Waals surface area contributed by atoms with E-state index in [4.69, 9.17) is 0 Å². The van der Waals surface area contributed by atoms with Gasteiger partial charge in [-0.15, -0.1) is 0 Å². The van der Waals surface area contributed by atoms with Gasteiger partial charge in [0, 0.05) is 19.6 Å². The summed E-state index contributed by atoms with van der Waals surface area (Å²) in [6.07, 6.45) is 2.31. The van der Waals surface area contributed by atoms with Gasteiger partial charge in [-0.3, -0.25) is 0 Å². The second-order valence-electron chi connectivity index (χ2n) is 5.16. The second kappa shape index (κ2) is 7.14. The molecule has 1 saturated heterocycles. The summed E-state index contributed by atoms with van der Waals surface area (Å²) in [5, 5.41) is 6.19. The average Bonchev–Trinajstić information content (AvgIpc) is 2.46. The number of amides is 2. The first-order valence-corrected chi connectivity index (χ1v) is 7.01. The average molecular weight is 261 g/mol. The molecule has 1 aromatic rings. The van der Waals surface area contributed by atoms with Crippen molar-refractivity contribution in [3.63, 3.8) is 0 Å². The fourth-order valence-corrected chi connectivity index (χ4v) is 2.59. The monoisotopic (exact) mass is 261 g/mol. The highest BCUT2D eigenvalue weighted by atomic mass is 16.2. The lowest BCUT2D eigenvalue weighted by atomic mass is 9.98. The Morgan fingerprint density at radius 2 is 2.16 bits per heavy atom. The fraction of sp³-hybridized carbons (Fsp3) is 0.533. The van der Waals surface area contributed by atoms with Crippen molar-refractivity contribution in [2.24, 2.45) is 5.92 Å². The summed E-state index contributed by atoms with van der Waals surface area (Å²) in [5.41, 5.74) is 1.14.